The van der Waals surface area contributed by atoms with E-state index < -0.39 is 0 Å². The van der Waals surface area contributed by atoms with Crippen LogP contribution in [0.5, 0.6) is 17.2 Å². The summed E-state index contributed by atoms with van der Waals surface area (Å²) in [5.74, 6) is 1.84. The number of carbonyl (C=O) groups excluding carboxylic acids is 1. The zero-order valence-corrected chi connectivity index (χ0v) is 21.7. The fourth-order valence-electron chi connectivity index (χ4n) is 3.99. The quantitative estimate of drug-likeness (QED) is 0.219. The summed E-state index contributed by atoms with van der Waals surface area (Å²) < 4.78 is 16.6. The summed E-state index contributed by atoms with van der Waals surface area (Å²) in [6.45, 7) is 0.253. The molecule has 4 aromatic rings. The molecule has 0 aromatic heterocycles. The number of amides is 1. The van der Waals surface area contributed by atoms with Gasteiger partial charge in [0, 0.05) is 17.3 Å². The fraction of sp³-hybridized carbons (Fsp3) is 0.129. The molecule has 0 spiro atoms. The van der Waals surface area contributed by atoms with Crippen LogP contribution in [0.2, 0.25) is 5.02 Å². The van der Waals surface area contributed by atoms with E-state index >= 15 is 0 Å². The molecule has 0 aliphatic rings. The van der Waals surface area contributed by atoms with Crippen molar-refractivity contribution < 1.29 is 19.0 Å². The molecular weight excluding hydrogens is 486 g/mol. The van der Waals surface area contributed by atoms with Crippen LogP contribution in [0.15, 0.2) is 91.0 Å². The summed E-state index contributed by atoms with van der Waals surface area (Å²) in [7, 11) is 4.86. The lowest BCUT2D eigenvalue weighted by Crippen LogP contribution is -2.31. The summed E-state index contributed by atoms with van der Waals surface area (Å²) in [5.41, 5.74) is 3.86. The minimum Gasteiger partial charge on any atom is -0.497 e. The Labute approximate surface area is 222 Å². The topological polar surface area (TPSA) is 48.0 Å². The van der Waals surface area contributed by atoms with E-state index in [2.05, 4.69) is 0 Å². The molecule has 0 bridgehead atoms. The number of anilines is 1. The second-order valence-electron chi connectivity index (χ2n) is 8.21. The van der Waals surface area contributed by atoms with Gasteiger partial charge < -0.3 is 19.1 Å². The average molecular weight is 514 g/mol. The highest BCUT2D eigenvalue weighted by molar-refractivity contribution is 6.34. The Morgan fingerprint density at radius 3 is 2.11 bits per heavy atom. The van der Waals surface area contributed by atoms with Gasteiger partial charge in [0.2, 0.25) is 0 Å². The SMILES string of the molecule is COc1ccc(C=Cc2cc(OC)cc(OC)c2CN(C(=O)c2ccccc2Cl)c2ccccc2)cc1. The molecule has 5 nitrogen and oxygen atoms in total. The van der Waals surface area contributed by atoms with E-state index in [-0.39, 0.29) is 12.5 Å². The number of hydrogen-bond acceptors (Lipinski definition) is 4. The van der Waals surface area contributed by atoms with E-state index in [0.717, 1.165) is 28.1 Å². The molecule has 0 saturated carbocycles. The Hall–Kier alpha value is -4.22. The molecule has 0 aliphatic carbocycles. The number of carbonyl (C=O) groups is 1. The number of ether oxygens (including phenoxy) is 3. The molecule has 1 amide bonds. The van der Waals surface area contributed by atoms with E-state index in [9.17, 15) is 4.79 Å². The highest BCUT2D eigenvalue weighted by Gasteiger charge is 2.23. The number of benzene rings is 4. The third-order valence-electron chi connectivity index (χ3n) is 5.98. The molecule has 6 heteroatoms. The Morgan fingerprint density at radius 1 is 0.784 bits per heavy atom. The van der Waals surface area contributed by atoms with Crippen molar-refractivity contribution in [2.24, 2.45) is 0 Å². The summed E-state index contributed by atoms with van der Waals surface area (Å²) in [6.07, 6.45) is 3.99. The lowest BCUT2D eigenvalue weighted by molar-refractivity contribution is 0.0985. The first kappa shape index (κ1) is 25.9. The molecule has 0 unspecified atom stereocenters. The lowest BCUT2D eigenvalue weighted by atomic mass is 10.0. The summed E-state index contributed by atoms with van der Waals surface area (Å²) >= 11 is 6.41. The highest BCUT2D eigenvalue weighted by atomic mass is 35.5. The number of methoxy groups -OCH3 is 3. The van der Waals surface area contributed by atoms with Crippen LogP contribution in [0.3, 0.4) is 0 Å². The van der Waals surface area contributed by atoms with E-state index in [1.807, 2.05) is 78.9 Å². The molecule has 0 fully saturated rings. The van der Waals surface area contributed by atoms with Gasteiger partial charge in [-0.3, -0.25) is 4.79 Å². The van der Waals surface area contributed by atoms with E-state index in [0.29, 0.717) is 22.1 Å². The molecule has 0 heterocycles. The number of rotatable bonds is 9. The zero-order chi connectivity index (χ0) is 26.2. The Bertz CT molecular complexity index is 1380. The molecule has 188 valence electrons. The van der Waals surface area contributed by atoms with Crippen LogP contribution in [-0.4, -0.2) is 27.2 Å². The zero-order valence-electron chi connectivity index (χ0n) is 21.0. The molecule has 0 N–H and O–H groups in total. The van der Waals surface area contributed by atoms with Crippen LogP contribution < -0.4 is 19.1 Å². The number of halogens is 1. The van der Waals surface area contributed by atoms with Crippen molar-refractivity contribution in [1.29, 1.82) is 0 Å². The van der Waals surface area contributed by atoms with Crippen molar-refractivity contribution in [3.8, 4) is 17.2 Å². The maximum Gasteiger partial charge on any atom is 0.260 e. The second-order valence-corrected chi connectivity index (χ2v) is 8.62. The third kappa shape index (κ3) is 6.13. The van der Waals surface area contributed by atoms with Crippen LogP contribution in [0.25, 0.3) is 12.2 Å². The number of para-hydroxylation sites is 1. The van der Waals surface area contributed by atoms with Gasteiger partial charge in [0.25, 0.3) is 5.91 Å². The standard InChI is InChI=1S/C31H28ClNO4/c1-35-25-17-14-22(15-18-25)13-16-23-19-26(36-2)20-30(37-3)28(23)21-33(24-9-5-4-6-10-24)31(34)27-11-7-8-12-29(27)32/h4-20H,21H2,1-3H3. The molecular formula is C31H28ClNO4. The predicted molar refractivity (Wildman–Crippen MR) is 150 cm³/mol. The maximum atomic E-state index is 13.8. The normalized spacial score (nSPS) is 10.8. The molecule has 4 rings (SSSR count). The fourth-order valence-corrected chi connectivity index (χ4v) is 4.20. The van der Waals surface area contributed by atoms with Crippen molar-refractivity contribution in [3.05, 3.63) is 118 Å². The van der Waals surface area contributed by atoms with Gasteiger partial charge in [0.1, 0.15) is 17.2 Å². The van der Waals surface area contributed by atoms with Gasteiger partial charge in [-0.2, -0.15) is 0 Å². The molecule has 0 atom stereocenters. The van der Waals surface area contributed by atoms with Crippen LogP contribution in [0.4, 0.5) is 5.69 Å². The minimum atomic E-state index is -0.209. The van der Waals surface area contributed by atoms with Gasteiger partial charge in [-0.05, 0) is 53.6 Å². The summed E-state index contributed by atoms with van der Waals surface area (Å²) in [5, 5.41) is 0.398. The van der Waals surface area contributed by atoms with Gasteiger partial charge in [-0.15, -0.1) is 0 Å². The Morgan fingerprint density at radius 2 is 1.46 bits per heavy atom. The largest absolute Gasteiger partial charge is 0.497 e. The smallest absolute Gasteiger partial charge is 0.260 e. The highest BCUT2D eigenvalue weighted by Crippen LogP contribution is 2.33. The Balaban J connectivity index is 1.79. The van der Waals surface area contributed by atoms with Gasteiger partial charge >= 0.3 is 0 Å². The van der Waals surface area contributed by atoms with Crippen molar-refractivity contribution in [1.82, 2.24) is 0 Å². The van der Waals surface area contributed by atoms with Gasteiger partial charge in [-0.25, -0.2) is 0 Å². The summed E-state index contributed by atoms with van der Waals surface area (Å²) in [6, 6.07) is 28.1. The molecule has 0 aliphatic heterocycles. The third-order valence-corrected chi connectivity index (χ3v) is 6.31. The maximum absolute atomic E-state index is 13.8. The molecule has 37 heavy (non-hydrogen) atoms. The minimum absolute atomic E-state index is 0.209. The predicted octanol–water partition coefficient (Wildman–Crippen LogP) is 7.38. The van der Waals surface area contributed by atoms with Crippen LogP contribution in [0.1, 0.15) is 27.0 Å². The van der Waals surface area contributed by atoms with E-state index in [1.165, 1.54) is 0 Å². The van der Waals surface area contributed by atoms with Crippen LogP contribution >= 0.6 is 11.6 Å². The van der Waals surface area contributed by atoms with E-state index in [1.54, 1.807) is 50.5 Å². The van der Waals surface area contributed by atoms with E-state index in [4.69, 9.17) is 25.8 Å². The molecule has 0 radical (unpaired) electrons. The molecule has 0 saturated heterocycles. The van der Waals surface area contributed by atoms with Crippen molar-refractivity contribution >= 4 is 35.3 Å². The second kappa shape index (κ2) is 12.2. The van der Waals surface area contributed by atoms with Crippen molar-refractivity contribution in [2.45, 2.75) is 6.54 Å². The van der Waals surface area contributed by atoms with Crippen molar-refractivity contribution in [2.75, 3.05) is 26.2 Å². The first-order valence-electron chi connectivity index (χ1n) is 11.7. The van der Waals surface area contributed by atoms with Gasteiger partial charge in [-0.1, -0.05) is 66.2 Å². The first-order valence-corrected chi connectivity index (χ1v) is 12.1. The lowest BCUT2D eigenvalue weighted by Gasteiger charge is -2.26. The van der Waals surface area contributed by atoms with Crippen LogP contribution in [-0.2, 0) is 6.54 Å². The summed E-state index contributed by atoms with van der Waals surface area (Å²) in [4.78, 5) is 15.5. The molecule has 4 aromatic carbocycles. The average Bonchev–Trinajstić information content (AvgIpc) is 2.95. The van der Waals surface area contributed by atoms with Gasteiger partial charge in [0.15, 0.2) is 0 Å². The number of nitrogens with zero attached hydrogens (tertiary/aromatic N) is 1. The van der Waals surface area contributed by atoms with Gasteiger partial charge in [0.05, 0.1) is 38.5 Å². The van der Waals surface area contributed by atoms with Crippen LogP contribution in [0, 0.1) is 0 Å². The van der Waals surface area contributed by atoms with Crippen molar-refractivity contribution in [3.63, 3.8) is 0 Å². The number of hydrogen-bond donors (Lipinski definition) is 0. The Kier molecular flexibility index (Phi) is 8.49. The first-order chi connectivity index (χ1) is 18.0. The monoisotopic (exact) mass is 513 g/mol.